The first-order chi connectivity index (χ1) is 9.08. The number of halogens is 1. The van der Waals surface area contributed by atoms with Gasteiger partial charge in [0.05, 0.1) is 0 Å². The number of furan rings is 1. The highest BCUT2D eigenvalue weighted by atomic mass is 35.5. The van der Waals surface area contributed by atoms with E-state index in [2.05, 4.69) is 4.98 Å². The molecule has 0 saturated carbocycles. The lowest BCUT2D eigenvalue weighted by Gasteiger charge is -2.04. The zero-order chi connectivity index (χ0) is 13.6. The third kappa shape index (κ3) is 1.81. The van der Waals surface area contributed by atoms with Gasteiger partial charge in [-0.1, -0.05) is 17.7 Å². The van der Waals surface area contributed by atoms with Crippen molar-refractivity contribution in [2.75, 3.05) is 11.5 Å². The number of aromatic nitrogens is 1. The van der Waals surface area contributed by atoms with Crippen molar-refractivity contribution in [2.24, 2.45) is 0 Å². The zero-order valence-corrected chi connectivity index (χ0v) is 11.0. The molecular weight excluding hydrogens is 262 g/mol. The molecule has 1 aromatic carbocycles. The predicted molar refractivity (Wildman–Crippen MR) is 78.0 cm³/mol. The van der Waals surface area contributed by atoms with Crippen molar-refractivity contribution in [2.45, 2.75) is 6.92 Å². The third-order valence-corrected chi connectivity index (χ3v) is 3.53. The second-order valence-electron chi connectivity index (χ2n) is 4.38. The van der Waals surface area contributed by atoms with Crippen LogP contribution < -0.4 is 11.5 Å². The van der Waals surface area contributed by atoms with Crippen molar-refractivity contribution >= 4 is 34.1 Å². The van der Waals surface area contributed by atoms with Crippen LogP contribution in [0.25, 0.3) is 22.2 Å². The van der Waals surface area contributed by atoms with Gasteiger partial charge in [-0.25, -0.2) is 0 Å². The maximum Gasteiger partial charge on any atom is 0.214 e. The van der Waals surface area contributed by atoms with Gasteiger partial charge in [-0.3, -0.25) is 4.98 Å². The number of hydrogen-bond donors (Lipinski definition) is 2. The van der Waals surface area contributed by atoms with Gasteiger partial charge in [0.1, 0.15) is 11.4 Å². The molecule has 96 valence electrons. The second-order valence-corrected chi connectivity index (χ2v) is 4.79. The molecular formula is C14H12ClN3O. The van der Waals surface area contributed by atoms with Crippen molar-refractivity contribution < 1.29 is 4.42 Å². The van der Waals surface area contributed by atoms with E-state index >= 15 is 0 Å². The molecule has 2 aromatic heterocycles. The van der Waals surface area contributed by atoms with Crippen LogP contribution in [-0.4, -0.2) is 4.98 Å². The van der Waals surface area contributed by atoms with Crippen molar-refractivity contribution in [1.82, 2.24) is 4.98 Å². The molecule has 0 fully saturated rings. The van der Waals surface area contributed by atoms with E-state index in [1.165, 1.54) is 0 Å². The molecule has 0 radical (unpaired) electrons. The normalized spacial score (nSPS) is 11.1. The van der Waals surface area contributed by atoms with Crippen LogP contribution in [0.4, 0.5) is 11.6 Å². The number of nitrogen functional groups attached to an aromatic ring is 2. The Labute approximate surface area is 115 Å². The second kappa shape index (κ2) is 4.17. The molecule has 0 bridgehead atoms. The van der Waals surface area contributed by atoms with Crippen LogP contribution in [0, 0.1) is 6.92 Å². The van der Waals surface area contributed by atoms with E-state index in [4.69, 9.17) is 27.5 Å². The Kier molecular flexibility index (Phi) is 2.61. The lowest BCUT2D eigenvalue weighted by atomic mass is 10.1. The van der Waals surface area contributed by atoms with Gasteiger partial charge in [-0.2, -0.15) is 0 Å². The van der Waals surface area contributed by atoms with E-state index in [1.807, 2.05) is 25.1 Å². The molecule has 0 saturated heterocycles. The summed E-state index contributed by atoms with van der Waals surface area (Å²) in [4.78, 5) is 4.35. The fourth-order valence-corrected chi connectivity index (χ4v) is 2.18. The topological polar surface area (TPSA) is 78.1 Å². The number of anilines is 2. The van der Waals surface area contributed by atoms with Gasteiger partial charge < -0.3 is 15.9 Å². The number of nitrogens with two attached hydrogens (primary N) is 2. The van der Waals surface area contributed by atoms with Gasteiger partial charge in [0.15, 0.2) is 5.58 Å². The Hall–Kier alpha value is -2.20. The van der Waals surface area contributed by atoms with Gasteiger partial charge in [0.2, 0.25) is 5.88 Å². The molecule has 4 N–H and O–H groups in total. The number of rotatable bonds is 1. The zero-order valence-electron chi connectivity index (χ0n) is 10.3. The molecule has 2 heterocycles. The van der Waals surface area contributed by atoms with E-state index in [1.54, 1.807) is 12.3 Å². The van der Waals surface area contributed by atoms with Crippen LogP contribution in [0.2, 0.25) is 5.02 Å². The summed E-state index contributed by atoms with van der Waals surface area (Å²) in [5.74, 6) is 0.218. The summed E-state index contributed by atoms with van der Waals surface area (Å²) in [7, 11) is 0. The first-order valence-electron chi connectivity index (χ1n) is 5.77. The van der Waals surface area contributed by atoms with Crippen LogP contribution >= 0.6 is 11.6 Å². The van der Waals surface area contributed by atoms with Crippen molar-refractivity contribution in [3.05, 3.63) is 41.0 Å². The highest BCUT2D eigenvalue weighted by Crippen LogP contribution is 2.36. The standard InChI is InChI=1S/C14H12ClN3O/c1-7-6-8(2-3-10(7)15)12-13-9(4-5-18-12)11(16)14(17)19-13/h2-6H,16-17H2,1H3. The third-order valence-electron chi connectivity index (χ3n) is 3.10. The van der Waals surface area contributed by atoms with Gasteiger partial charge in [0, 0.05) is 22.2 Å². The minimum atomic E-state index is 0.218. The van der Waals surface area contributed by atoms with Crippen LogP contribution in [0.3, 0.4) is 0 Å². The molecule has 4 nitrogen and oxygen atoms in total. The van der Waals surface area contributed by atoms with Gasteiger partial charge >= 0.3 is 0 Å². The minimum Gasteiger partial charge on any atom is -0.436 e. The largest absolute Gasteiger partial charge is 0.436 e. The Bertz CT molecular complexity index is 780. The van der Waals surface area contributed by atoms with E-state index in [0.717, 1.165) is 21.5 Å². The first-order valence-corrected chi connectivity index (χ1v) is 6.14. The minimum absolute atomic E-state index is 0.218. The summed E-state index contributed by atoms with van der Waals surface area (Å²) >= 11 is 6.03. The Balaban J connectivity index is 2.30. The molecule has 0 aliphatic heterocycles. The summed E-state index contributed by atoms with van der Waals surface area (Å²) in [5.41, 5.74) is 15.2. The number of aryl methyl sites for hydroxylation is 1. The number of benzene rings is 1. The van der Waals surface area contributed by atoms with Gasteiger partial charge in [-0.05, 0) is 30.7 Å². The van der Waals surface area contributed by atoms with E-state index in [-0.39, 0.29) is 5.88 Å². The summed E-state index contributed by atoms with van der Waals surface area (Å²) in [5, 5.41) is 1.49. The van der Waals surface area contributed by atoms with E-state index in [9.17, 15) is 0 Å². The molecule has 3 rings (SSSR count). The predicted octanol–water partition coefficient (Wildman–Crippen LogP) is 3.62. The van der Waals surface area contributed by atoms with Gasteiger partial charge in [-0.15, -0.1) is 0 Å². The Morgan fingerprint density at radius 2 is 2.00 bits per heavy atom. The number of hydrogen-bond acceptors (Lipinski definition) is 4. The first kappa shape index (κ1) is 11.9. The van der Waals surface area contributed by atoms with E-state index in [0.29, 0.717) is 17.0 Å². The molecule has 0 aliphatic carbocycles. The fourth-order valence-electron chi connectivity index (χ4n) is 2.06. The number of pyridine rings is 1. The molecule has 3 aromatic rings. The lowest BCUT2D eigenvalue weighted by Crippen LogP contribution is -1.89. The van der Waals surface area contributed by atoms with Gasteiger partial charge in [0.25, 0.3) is 0 Å². The summed E-state index contributed by atoms with van der Waals surface area (Å²) in [6.45, 7) is 1.94. The molecule has 0 amide bonds. The molecule has 0 spiro atoms. The van der Waals surface area contributed by atoms with Crippen LogP contribution in [-0.2, 0) is 0 Å². The smallest absolute Gasteiger partial charge is 0.214 e. The summed E-state index contributed by atoms with van der Waals surface area (Å²) in [6, 6.07) is 7.48. The van der Waals surface area contributed by atoms with Crippen molar-refractivity contribution in [3.8, 4) is 11.3 Å². The highest BCUT2D eigenvalue weighted by molar-refractivity contribution is 6.31. The Morgan fingerprint density at radius 3 is 2.74 bits per heavy atom. The summed E-state index contributed by atoms with van der Waals surface area (Å²) in [6.07, 6.45) is 1.69. The summed E-state index contributed by atoms with van der Waals surface area (Å²) < 4.78 is 5.51. The monoisotopic (exact) mass is 273 g/mol. The molecule has 0 unspecified atom stereocenters. The van der Waals surface area contributed by atoms with Crippen molar-refractivity contribution in [3.63, 3.8) is 0 Å². The van der Waals surface area contributed by atoms with Crippen LogP contribution in [0.1, 0.15) is 5.56 Å². The van der Waals surface area contributed by atoms with Crippen LogP contribution in [0.15, 0.2) is 34.9 Å². The molecule has 5 heteroatoms. The number of nitrogens with zero attached hydrogens (tertiary/aromatic N) is 1. The molecule has 19 heavy (non-hydrogen) atoms. The molecule has 0 aliphatic rings. The van der Waals surface area contributed by atoms with E-state index < -0.39 is 0 Å². The lowest BCUT2D eigenvalue weighted by molar-refractivity contribution is 0.638. The van der Waals surface area contributed by atoms with Crippen LogP contribution in [0.5, 0.6) is 0 Å². The van der Waals surface area contributed by atoms with Crippen molar-refractivity contribution in [1.29, 1.82) is 0 Å². The highest BCUT2D eigenvalue weighted by Gasteiger charge is 2.14. The Morgan fingerprint density at radius 1 is 1.21 bits per heavy atom. The average molecular weight is 274 g/mol. The maximum absolute atomic E-state index is 6.03. The quantitative estimate of drug-likeness (QED) is 0.710. The fraction of sp³-hybridized carbons (Fsp3) is 0.0714. The number of fused-ring (bicyclic) bond motifs is 1. The SMILES string of the molecule is Cc1cc(-c2nccc3c(N)c(N)oc23)ccc1Cl. The molecule has 0 atom stereocenters. The average Bonchev–Trinajstić information content (AvgIpc) is 2.69. The maximum atomic E-state index is 6.03.